The summed E-state index contributed by atoms with van der Waals surface area (Å²) >= 11 is 0. The molecule has 1 saturated heterocycles. The van der Waals surface area contributed by atoms with Crippen LogP contribution in [0.15, 0.2) is 42.5 Å². The highest BCUT2D eigenvalue weighted by atomic mass is 16.6. The highest BCUT2D eigenvalue weighted by molar-refractivity contribution is 6.11. The van der Waals surface area contributed by atoms with E-state index in [2.05, 4.69) is 5.32 Å². The number of nitrogens with one attached hydrogen (secondary N) is 1. The Bertz CT molecular complexity index is 1030. The Balaban J connectivity index is 1.41. The third kappa shape index (κ3) is 2.76. The molecule has 0 bridgehead atoms. The number of hydrogen-bond acceptors (Lipinski definition) is 5. The zero-order valence-electron chi connectivity index (χ0n) is 15.8. The minimum absolute atomic E-state index is 0.311. The molecule has 2 aliphatic heterocycles. The molecule has 1 aliphatic carbocycles. The SMILES string of the molecule is O=C(CN1C(=O)NC2(CCCc3ccccc32)C1=O)c1ccc2c(c1)OCCO2. The van der Waals surface area contributed by atoms with Gasteiger partial charge in [0.1, 0.15) is 18.8 Å². The van der Waals surface area contributed by atoms with Crippen LogP contribution in [0.3, 0.4) is 0 Å². The van der Waals surface area contributed by atoms with Crippen molar-refractivity contribution in [1.29, 1.82) is 0 Å². The molecule has 1 fully saturated rings. The molecule has 3 aliphatic rings. The van der Waals surface area contributed by atoms with Gasteiger partial charge in [0.2, 0.25) is 0 Å². The number of ether oxygens (including phenoxy) is 2. The van der Waals surface area contributed by atoms with Gasteiger partial charge in [0.25, 0.3) is 5.91 Å². The van der Waals surface area contributed by atoms with E-state index in [9.17, 15) is 14.4 Å². The number of carbonyl (C=O) groups excluding carboxylic acids is 3. The van der Waals surface area contributed by atoms with Gasteiger partial charge in [-0.05, 0) is 48.6 Å². The van der Waals surface area contributed by atoms with Crippen LogP contribution in [0.25, 0.3) is 0 Å². The number of ketones is 1. The van der Waals surface area contributed by atoms with Crippen molar-refractivity contribution in [3.05, 3.63) is 59.2 Å². The van der Waals surface area contributed by atoms with Crippen LogP contribution in [0.2, 0.25) is 0 Å². The molecular formula is C22H20N2O5. The van der Waals surface area contributed by atoms with Gasteiger partial charge in [0.15, 0.2) is 17.3 Å². The van der Waals surface area contributed by atoms with Gasteiger partial charge < -0.3 is 14.8 Å². The largest absolute Gasteiger partial charge is 0.486 e. The van der Waals surface area contributed by atoms with Gasteiger partial charge in [-0.3, -0.25) is 14.5 Å². The van der Waals surface area contributed by atoms with Crippen molar-refractivity contribution in [3.8, 4) is 11.5 Å². The second-order valence-corrected chi connectivity index (χ2v) is 7.52. The molecule has 7 heteroatoms. The summed E-state index contributed by atoms with van der Waals surface area (Å²) in [5.74, 6) is 0.393. The number of amides is 3. The van der Waals surface area contributed by atoms with Crippen LogP contribution < -0.4 is 14.8 Å². The van der Waals surface area contributed by atoms with Crippen LogP contribution in [-0.4, -0.2) is 42.4 Å². The molecule has 0 saturated carbocycles. The second-order valence-electron chi connectivity index (χ2n) is 7.52. The second kappa shape index (κ2) is 6.62. The Morgan fingerprint density at radius 3 is 2.72 bits per heavy atom. The van der Waals surface area contributed by atoms with Crippen LogP contribution in [0.5, 0.6) is 11.5 Å². The van der Waals surface area contributed by atoms with Gasteiger partial charge in [0.05, 0.1) is 6.54 Å². The number of aryl methyl sites for hydroxylation is 1. The van der Waals surface area contributed by atoms with E-state index in [0.717, 1.165) is 28.9 Å². The normalized spacial score (nSPS) is 22.4. The maximum Gasteiger partial charge on any atom is 0.325 e. The molecule has 1 atom stereocenters. The average Bonchev–Trinajstić information content (AvgIpc) is 2.98. The smallest absolute Gasteiger partial charge is 0.325 e. The van der Waals surface area contributed by atoms with E-state index in [4.69, 9.17) is 9.47 Å². The van der Waals surface area contributed by atoms with Gasteiger partial charge in [-0.2, -0.15) is 0 Å². The fraction of sp³-hybridized carbons (Fsp3) is 0.318. The number of urea groups is 1. The number of imide groups is 1. The number of Topliss-reactive ketones (excluding diaryl/α,β-unsaturated/α-hetero) is 1. The van der Waals surface area contributed by atoms with Crippen molar-refractivity contribution in [1.82, 2.24) is 10.2 Å². The quantitative estimate of drug-likeness (QED) is 0.641. The standard InChI is InChI=1S/C22H20N2O5/c25-17(15-7-8-18-19(12-15)29-11-10-28-18)13-24-20(26)22(23-21(24)27)9-3-5-14-4-1-2-6-16(14)22/h1-2,4,6-8,12H,3,5,9-11,13H2,(H,23,27). The van der Waals surface area contributed by atoms with E-state index < -0.39 is 11.6 Å². The lowest BCUT2D eigenvalue weighted by Gasteiger charge is -2.33. The fourth-order valence-electron chi connectivity index (χ4n) is 4.41. The lowest BCUT2D eigenvalue weighted by molar-refractivity contribution is -0.131. The van der Waals surface area contributed by atoms with E-state index in [1.807, 2.05) is 24.3 Å². The van der Waals surface area contributed by atoms with E-state index >= 15 is 0 Å². The number of fused-ring (bicyclic) bond motifs is 3. The molecule has 2 heterocycles. The number of hydrogen-bond donors (Lipinski definition) is 1. The molecule has 3 amide bonds. The molecule has 2 aromatic rings. The first kappa shape index (κ1) is 17.7. The summed E-state index contributed by atoms with van der Waals surface area (Å²) in [5, 5.41) is 2.87. The number of benzene rings is 2. The third-order valence-corrected chi connectivity index (χ3v) is 5.82. The van der Waals surface area contributed by atoms with Crippen LogP contribution in [0.4, 0.5) is 4.79 Å². The molecule has 0 radical (unpaired) electrons. The maximum absolute atomic E-state index is 13.3. The van der Waals surface area contributed by atoms with Gasteiger partial charge in [-0.25, -0.2) is 4.79 Å². The number of rotatable bonds is 3. The number of nitrogens with zero attached hydrogens (tertiary/aromatic N) is 1. The van der Waals surface area contributed by atoms with Crippen LogP contribution in [0, 0.1) is 0 Å². The van der Waals surface area contributed by atoms with E-state index in [1.54, 1.807) is 18.2 Å². The summed E-state index contributed by atoms with van der Waals surface area (Å²) < 4.78 is 11.0. The lowest BCUT2D eigenvalue weighted by Crippen LogP contribution is -2.46. The van der Waals surface area contributed by atoms with Crippen molar-refractivity contribution < 1.29 is 23.9 Å². The van der Waals surface area contributed by atoms with E-state index in [0.29, 0.717) is 36.7 Å². The summed E-state index contributed by atoms with van der Waals surface area (Å²) in [4.78, 5) is 39.8. The molecule has 0 aromatic heterocycles. The third-order valence-electron chi connectivity index (χ3n) is 5.82. The van der Waals surface area contributed by atoms with Crippen molar-refractivity contribution in [3.63, 3.8) is 0 Å². The van der Waals surface area contributed by atoms with Crippen molar-refractivity contribution in [2.45, 2.75) is 24.8 Å². The molecule has 7 nitrogen and oxygen atoms in total. The Morgan fingerprint density at radius 1 is 1.07 bits per heavy atom. The summed E-state index contributed by atoms with van der Waals surface area (Å²) in [5.41, 5.74) is 1.20. The van der Waals surface area contributed by atoms with E-state index in [1.165, 1.54) is 0 Å². The minimum atomic E-state index is -1.07. The van der Waals surface area contributed by atoms with Crippen LogP contribution in [-0.2, 0) is 16.8 Å². The Morgan fingerprint density at radius 2 is 1.86 bits per heavy atom. The predicted octanol–water partition coefficient (Wildman–Crippen LogP) is 2.42. The first-order valence-corrected chi connectivity index (χ1v) is 9.74. The molecule has 5 rings (SSSR count). The molecule has 148 valence electrons. The number of carbonyl (C=O) groups is 3. The Hall–Kier alpha value is -3.35. The topological polar surface area (TPSA) is 84.9 Å². The Labute approximate surface area is 167 Å². The summed E-state index contributed by atoms with van der Waals surface area (Å²) in [6.07, 6.45) is 2.20. The van der Waals surface area contributed by atoms with Crippen molar-refractivity contribution >= 4 is 17.7 Å². The molecule has 29 heavy (non-hydrogen) atoms. The fourth-order valence-corrected chi connectivity index (χ4v) is 4.41. The van der Waals surface area contributed by atoms with Crippen molar-refractivity contribution in [2.75, 3.05) is 19.8 Å². The highest BCUT2D eigenvalue weighted by Crippen LogP contribution is 2.40. The predicted molar refractivity (Wildman–Crippen MR) is 103 cm³/mol. The van der Waals surface area contributed by atoms with Gasteiger partial charge >= 0.3 is 6.03 Å². The van der Waals surface area contributed by atoms with E-state index in [-0.39, 0.29) is 18.2 Å². The summed E-state index contributed by atoms with van der Waals surface area (Å²) in [6.45, 7) is 0.570. The molecule has 1 N–H and O–H groups in total. The highest BCUT2D eigenvalue weighted by Gasteiger charge is 2.54. The first-order valence-electron chi connectivity index (χ1n) is 9.74. The maximum atomic E-state index is 13.3. The zero-order chi connectivity index (χ0) is 20.0. The molecule has 1 spiro atoms. The van der Waals surface area contributed by atoms with Crippen LogP contribution in [0.1, 0.15) is 34.3 Å². The summed E-state index contributed by atoms with van der Waals surface area (Å²) in [7, 11) is 0. The minimum Gasteiger partial charge on any atom is -0.486 e. The molecule has 2 aromatic carbocycles. The average molecular weight is 392 g/mol. The van der Waals surface area contributed by atoms with Gasteiger partial charge in [0, 0.05) is 5.56 Å². The lowest BCUT2D eigenvalue weighted by atomic mass is 9.76. The molecule has 1 unspecified atom stereocenters. The van der Waals surface area contributed by atoms with Gasteiger partial charge in [-0.15, -0.1) is 0 Å². The zero-order valence-corrected chi connectivity index (χ0v) is 15.8. The molecular weight excluding hydrogens is 372 g/mol. The Kier molecular flexibility index (Phi) is 4.04. The summed E-state index contributed by atoms with van der Waals surface area (Å²) in [6, 6.07) is 12.0. The van der Waals surface area contributed by atoms with Crippen molar-refractivity contribution in [2.24, 2.45) is 0 Å². The monoisotopic (exact) mass is 392 g/mol. The van der Waals surface area contributed by atoms with Gasteiger partial charge in [-0.1, -0.05) is 24.3 Å². The first-order chi connectivity index (χ1) is 14.1. The van der Waals surface area contributed by atoms with Crippen LogP contribution >= 0.6 is 0 Å².